The van der Waals surface area contributed by atoms with Gasteiger partial charge in [-0.05, 0) is 33.2 Å². The van der Waals surface area contributed by atoms with Crippen LogP contribution in [0.5, 0.6) is 0 Å². The van der Waals surface area contributed by atoms with Crippen molar-refractivity contribution in [3.05, 3.63) is 16.9 Å². The van der Waals surface area contributed by atoms with Crippen LogP contribution in [0.1, 0.15) is 59.2 Å². The smallest absolute Gasteiger partial charge is 0.0886 e. The van der Waals surface area contributed by atoms with Crippen molar-refractivity contribution in [2.24, 2.45) is 0 Å². The van der Waals surface area contributed by atoms with E-state index in [1.54, 1.807) is 6.20 Å². The maximum Gasteiger partial charge on any atom is 0.0886 e. The van der Waals surface area contributed by atoms with Crippen LogP contribution >= 0.6 is 11.6 Å². The van der Waals surface area contributed by atoms with E-state index in [1.807, 2.05) is 11.6 Å². The zero-order valence-electron chi connectivity index (χ0n) is 13.4. The van der Waals surface area contributed by atoms with Crippen molar-refractivity contribution in [2.45, 2.75) is 65.6 Å². The molecule has 1 unspecified atom stereocenters. The average molecular weight is 302 g/mol. The summed E-state index contributed by atoms with van der Waals surface area (Å²) in [7, 11) is 0. The summed E-state index contributed by atoms with van der Waals surface area (Å²) in [5, 5.41) is 8.64. The Balaban J connectivity index is 3.30. The van der Waals surface area contributed by atoms with Gasteiger partial charge in [0.15, 0.2) is 0 Å². The monoisotopic (exact) mass is 301 g/mol. The molecule has 1 N–H and O–H groups in total. The van der Waals surface area contributed by atoms with Crippen molar-refractivity contribution in [1.29, 1.82) is 0 Å². The van der Waals surface area contributed by atoms with Crippen molar-refractivity contribution in [1.82, 2.24) is 15.1 Å². The molecule has 1 aromatic heterocycles. The highest BCUT2D eigenvalue weighted by molar-refractivity contribution is 6.31. The van der Waals surface area contributed by atoms with Gasteiger partial charge < -0.3 is 10.1 Å². The summed E-state index contributed by atoms with van der Waals surface area (Å²) in [6.07, 6.45) is 3.59. The molecule has 0 aliphatic rings. The fourth-order valence-corrected chi connectivity index (χ4v) is 3.13. The molecule has 0 amide bonds. The number of hydrogen-bond acceptors (Lipinski definition) is 3. The number of rotatable bonds is 9. The molecule has 5 heteroatoms. The van der Waals surface area contributed by atoms with E-state index < -0.39 is 0 Å². The maximum absolute atomic E-state index is 6.40. The third-order valence-corrected chi connectivity index (χ3v) is 4.26. The van der Waals surface area contributed by atoms with Gasteiger partial charge in [-0.25, -0.2) is 0 Å². The number of ether oxygens (including phenoxy) is 1. The number of aryl methyl sites for hydroxylation is 1. The molecule has 0 saturated carbocycles. The molecule has 1 aromatic rings. The highest BCUT2D eigenvalue weighted by Gasteiger charge is 2.40. The summed E-state index contributed by atoms with van der Waals surface area (Å²) in [6.45, 7) is 12.9. The van der Waals surface area contributed by atoms with Gasteiger partial charge in [-0.15, -0.1) is 0 Å². The molecule has 0 fully saturated rings. The molecule has 20 heavy (non-hydrogen) atoms. The van der Waals surface area contributed by atoms with Gasteiger partial charge in [-0.2, -0.15) is 5.10 Å². The summed E-state index contributed by atoms with van der Waals surface area (Å²) in [4.78, 5) is 0. The molecule has 0 saturated heterocycles. The van der Waals surface area contributed by atoms with Crippen LogP contribution in [0, 0.1) is 0 Å². The Bertz CT molecular complexity index is 402. The second kappa shape index (κ2) is 8.01. The lowest BCUT2D eigenvalue weighted by Gasteiger charge is -2.40. The Morgan fingerprint density at radius 1 is 1.30 bits per heavy atom. The number of nitrogens with zero attached hydrogens (tertiary/aromatic N) is 2. The zero-order valence-corrected chi connectivity index (χ0v) is 14.1. The van der Waals surface area contributed by atoms with Crippen LogP contribution in [0.4, 0.5) is 0 Å². The number of halogens is 1. The highest BCUT2D eigenvalue weighted by atomic mass is 35.5. The normalized spacial score (nSPS) is 13.7. The van der Waals surface area contributed by atoms with E-state index in [9.17, 15) is 0 Å². The molecule has 0 radical (unpaired) electrons. The summed E-state index contributed by atoms with van der Waals surface area (Å²) >= 11 is 6.40. The van der Waals surface area contributed by atoms with E-state index in [0.29, 0.717) is 11.6 Å². The van der Waals surface area contributed by atoms with Crippen molar-refractivity contribution < 1.29 is 4.74 Å². The molecule has 4 nitrogen and oxygen atoms in total. The standard InChI is InChI=1S/C15H28ClN3O/c1-6-15(7-2,20-10-5)14(17-8-3)13-12(16)11-18-19(13)9-4/h11,14,17H,6-10H2,1-5H3. The number of nitrogens with one attached hydrogen (secondary N) is 1. The van der Waals surface area contributed by atoms with Crippen molar-refractivity contribution in [3.8, 4) is 0 Å². The molecular weight excluding hydrogens is 274 g/mol. The van der Waals surface area contributed by atoms with Gasteiger partial charge in [0.25, 0.3) is 0 Å². The van der Waals surface area contributed by atoms with Crippen molar-refractivity contribution in [3.63, 3.8) is 0 Å². The average Bonchev–Trinajstić information content (AvgIpc) is 2.83. The number of aromatic nitrogens is 2. The lowest BCUT2D eigenvalue weighted by Crippen LogP contribution is -2.46. The van der Waals surface area contributed by atoms with Gasteiger partial charge in [-0.1, -0.05) is 32.4 Å². The Morgan fingerprint density at radius 2 is 1.95 bits per heavy atom. The second-order valence-electron chi connectivity index (χ2n) is 4.89. The minimum absolute atomic E-state index is 0.0531. The highest BCUT2D eigenvalue weighted by Crippen LogP contribution is 2.38. The van der Waals surface area contributed by atoms with E-state index in [-0.39, 0.29) is 11.6 Å². The molecule has 116 valence electrons. The molecule has 0 aliphatic heterocycles. The van der Waals surface area contributed by atoms with Gasteiger partial charge in [0.1, 0.15) is 0 Å². The van der Waals surface area contributed by atoms with Gasteiger partial charge in [0.2, 0.25) is 0 Å². The van der Waals surface area contributed by atoms with Crippen LogP contribution in [0.15, 0.2) is 6.20 Å². The first-order valence-electron chi connectivity index (χ1n) is 7.68. The maximum atomic E-state index is 6.40. The molecule has 0 bridgehead atoms. The van der Waals surface area contributed by atoms with Crippen LogP contribution in [-0.4, -0.2) is 28.5 Å². The van der Waals surface area contributed by atoms with Gasteiger partial charge in [-0.3, -0.25) is 4.68 Å². The van der Waals surface area contributed by atoms with Gasteiger partial charge in [0, 0.05) is 13.2 Å². The molecule has 0 spiro atoms. The third-order valence-electron chi connectivity index (χ3n) is 3.97. The largest absolute Gasteiger partial charge is 0.373 e. The van der Waals surface area contributed by atoms with Gasteiger partial charge >= 0.3 is 0 Å². The fraction of sp³-hybridized carbons (Fsp3) is 0.800. The van der Waals surface area contributed by atoms with E-state index >= 15 is 0 Å². The van der Waals surface area contributed by atoms with Crippen molar-refractivity contribution in [2.75, 3.05) is 13.2 Å². The topological polar surface area (TPSA) is 39.1 Å². The zero-order chi connectivity index (χ0) is 15.2. The Hall–Kier alpha value is -0.580. The quantitative estimate of drug-likeness (QED) is 0.754. The predicted octanol–water partition coefficient (Wildman–Crippen LogP) is 3.80. The minimum Gasteiger partial charge on any atom is -0.373 e. The first-order chi connectivity index (χ1) is 9.60. The molecular formula is C15H28ClN3O. The predicted molar refractivity (Wildman–Crippen MR) is 84.3 cm³/mol. The minimum atomic E-state index is -0.249. The first-order valence-corrected chi connectivity index (χ1v) is 8.06. The van der Waals surface area contributed by atoms with Crippen LogP contribution in [-0.2, 0) is 11.3 Å². The number of likely N-dealkylation sites (N-methyl/N-ethyl adjacent to an activating group) is 1. The Labute approximate surface area is 127 Å². The molecule has 1 rings (SSSR count). The van der Waals surface area contributed by atoms with Crippen LogP contribution < -0.4 is 5.32 Å². The van der Waals surface area contributed by atoms with Crippen LogP contribution in [0.25, 0.3) is 0 Å². The van der Waals surface area contributed by atoms with E-state index in [0.717, 1.165) is 31.6 Å². The lowest BCUT2D eigenvalue weighted by atomic mass is 9.85. The van der Waals surface area contributed by atoms with E-state index in [2.05, 4.69) is 38.1 Å². The summed E-state index contributed by atoms with van der Waals surface area (Å²) in [5.41, 5.74) is 0.787. The Morgan fingerprint density at radius 3 is 2.40 bits per heavy atom. The van der Waals surface area contributed by atoms with Crippen LogP contribution in [0.2, 0.25) is 5.02 Å². The summed E-state index contributed by atoms with van der Waals surface area (Å²) in [6, 6.07) is 0.0531. The lowest BCUT2D eigenvalue weighted by molar-refractivity contribution is -0.0747. The fourth-order valence-electron chi connectivity index (χ4n) is 2.88. The van der Waals surface area contributed by atoms with Crippen molar-refractivity contribution >= 4 is 11.6 Å². The third kappa shape index (κ3) is 3.35. The summed E-state index contributed by atoms with van der Waals surface area (Å²) in [5.74, 6) is 0. The molecule has 1 atom stereocenters. The SMILES string of the molecule is CCNC(c1c(Cl)cnn1CC)C(CC)(CC)OCC. The van der Waals surface area contributed by atoms with E-state index in [4.69, 9.17) is 16.3 Å². The molecule has 1 heterocycles. The van der Waals surface area contributed by atoms with E-state index in [1.165, 1.54) is 0 Å². The Kier molecular flexibility index (Phi) is 7.00. The van der Waals surface area contributed by atoms with Crippen LogP contribution in [0.3, 0.4) is 0 Å². The molecule has 0 aliphatic carbocycles. The first kappa shape index (κ1) is 17.5. The number of hydrogen-bond donors (Lipinski definition) is 1. The van der Waals surface area contributed by atoms with Gasteiger partial charge in [0.05, 0.1) is 28.6 Å². The summed E-state index contributed by atoms with van der Waals surface area (Å²) < 4.78 is 8.13. The second-order valence-corrected chi connectivity index (χ2v) is 5.30. The molecule has 0 aromatic carbocycles.